The molecule has 1 aliphatic heterocycles. The van der Waals surface area contributed by atoms with Gasteiger partial charge in [0.2, 0.25) is 0 Å². The zero-order valence-electron chi connectivity index (χ0n) is 21.7. The molecule has 4 aliphatic carbocycles. The number of ether oxygens (including phenoxy) is 2. The molecule has 184 valence electrons. The Morgan fingerprint density at radius 2 is 1.59 bits per heavy atom. The van der Waals surface area contributed by atoms with Crippen molar-refractivity contribution in [3.63, 3.8) is 0 Å². The summed E-state index contributed by atoms with van der Waals surface area (Å²) in [6.45, 7) is 18.1. The lowest BCUT2D eigenvalue weighted by Crippen LogP contribution is -2.62. The summed E-state index contributed by atoms with van der Waals surface area (Å²) < 4.78 is 19.4. The number of fused-ring (bicyclic) bond motifs is 6. The maximum absolute atomic E-state index is 11.6. The van der Waals surface area contributed by atoms with Crippen molar-refractivity contribution in [1.29, 1.82) is 0 Å². The van der Waals surface area contributed by atoms with Crippen LogP contribution in [0.2, 0.25) is 18.1 Å². The van der Waals surface area contributed by atoms with Gasteiger partial charge in [-0.05, 0) is 92.2 Å². The van der Waals surface area contributed by atoms with E-state index in [-0.39, 0.29) is 16.6 Å². The predicted octanol–water partition coefficient (Wildman–Crippen LogP) is 6.13. The molecular weight excluding hydrogens is 416 g/mol. The van der Waals surface area contributed by atoms with Gasteiger partial charge in [-0.1, -0.05) is 34.6 Å². The van der Waals surface area contributed by atoms with E-state index in [1.54, 1.807) is 0 Å². The molecule has 0 radical (unpaired) electrons. The summed E-state index contributed by atoms with van der Waals surface area (Å²) in [5.41, 5.74) is 0.0855. The van der Waals surface area contributed by atoms with Gasteiger partial charge < -0.3 is 19.0 Å². The molecule has 5 aliphatic rings. The topological polar surface area (TPSA) is 47.9 Å². The highest BCUT2D eigenvalue weighted by atomic mass is 28.4. The highest BCUT2D eigenvalue weighted by molar-refractivity contribution is 6.74. The summed E-state index contributed by atoms with van der Waals surface area (Å²) in [5, 5.41) is 11.9. The number of rotatable bonds is 2. The van der Waals surface area contributed by atoms with Crippen LogP contribution < -0.4 is 0 Å². The van der Waals surface area contributed by atoms with E-state index in [9.17, 15) is 5.11 Å². The molecule has 4 saturated carbocycles. The minimum atomic E-state index is -1.73. The van der Waals surface area contributed by atoms with Gasteiger partial charge in [-0.15, -0.1) is 0 Å². The number of hydrogen-bond donors (Lipinski definition) is 1. The van der Waals surface area contributed by atoms with Crippen LogP contribution in [-0.2, 0) is 13.9 Å². The summed E-state index contributed by atoms with van der Waals surface area (Å²) in [7, 11) is -1.73. The van der Waals surface area contributed by atoms with Gasteiger partial charge in [-0.25, -0.2) is 0 Å². The molecule has 1 spiro atoms. The average Bonchev–Trinajstić information content (AvgIpc) is 3.29. The van der Waals surface area contributed by atoms with Crippen molar-refractivity contribution in [2.45, 2.75) is 122 Å². The minimum absolute atomic E-state index is 0.253. The van der Waals surface area contributed by atoms with Crippen molar-refractivity contribution in [2.75, 3.05) is 13.2 Å². The summed E-state index contributed by atoms with van der Waals surface area (Å²) in [6, 6.07) is 0. The fourth-order valence-electron chi connectivity index (χ4n) is 8.78. The van der Waals surface area contributed by atoms with Crippen LogP contribution in [0.4, 0.5) is 0 Å². The molecule has 5 rings (SSSR count). The van der Waals surface area contributed by atoms with Crippen LogP contribution in [0.25, 0.3) is 0 Å². The van der Waals surface area contributed by atoms with E-state index in [2.05, 4.69) is 47.7 Å². The summed E-state index contributed by atoms with van der Waals surface area (Å²) in [5.74, 6) is 2.05. The van der Waals surface area contributed by atoms with E-state index >= 15 is 0 Å². The smallest absolute Gasteiger partial charge is 0.192 e. The molecule has 1 N–H and O–H groups in total. The molecule has 8 atom stereocenters. The van der Waals surface area contributed by atoms with Gasteiger partial charge in [0, 0.05) is 12.5 Å². The average molecular weight is 465 g/mol. The van der Waals surface area contributed by atoms with Crippen LogP contribution in [0.15, 0.2) is 0 Å². The fraction of sp³-hybridized carbons (Fsp3) is 1.00. The van der Waals surface area contributed by atoms with Crippen LogP contribution in [0.3, 0.4) is 0 Å². The third kappa shape index (κ3) is 3.20. The molecule has 0 amide bonds. The minimum Gasteiger partial charge on any atom is -0.414 e. The van der Waals surface area contributed by atoms with Crippen molar-refractivity contribution in [1.82, 2.24) is 0 Å². The first-order valence-electron chi connectivity index (χ1n) is 13.5. The van der Waals surface area contributed by atoms with Crippen molar-refractivity contribution in [2.24, 2.45) is 34.5 Å². The van der Waals surface area contributed by atoms with Gasteiger partial charge in [-0.2, -0.15) is 0 Å². The Morgan fingerprint density at radius 1 is 0.906 bits per heavy atom. The Kier molecular flexibility index (Phi) is 5.59. The van der Waals surface area contributed by atoms with E-state index in [1.807, 2.05) is 0 Å². The molecule has 32 heavy (non-hydrogen) atoms. The maximum Gasteiger partial charge on any atom is 0.192 e. The largest absolute Gasteiger partial charge is 0.414 e. The first-order chi connectivity index (χ1) is 14.8. The molecule has 0 aromatic rings. The zero-order chi connectivity index (χ0) is 23.2. The lowest BCUT2D eigenvalue weighted by Gasteiger charge is -2.63. The molecule has 0 bridgehead atoms. The summed E-state index contributed by atoms with van der Waals surface area (Å²) in [4.78, 5) is 0. The van der Waals surface area contributed by atoms with E-state index in [4.69, 9.17) is 13.9 Å². The Balaban J connectivity index is 1.35. The van der Waals surface area contributed by atoms with E-state index < -0.39 is 14.1 Å². The highest BCUT2D eigenvalue weighted by Gasteiger charge is 2.70. The molecule has 0 aromatic carbocycles. The lowest BCUT2D eigenvalue weighted by molar-refractivity contribution is -0.279. The number of aliphatic hydroxyl groups is 1. The predicted molar refractivity (Wildman–Crippen MR) is 130 cm³/mol. The second-order valence-corrected chi connectivity index (χ2v) is 18.7. The Labute approximate surface area is 197 Å². The van der Waals surface area contributed by atoms with Crippen LogP contribution in [0.5, 0.6) is 0 Å². The van der Waals surface area contributed by atoms with Gasteiger partial charge in [0.15, 0.2) is 14.1 Å². The first kappa shape index (κ1) is 23.8. The quantitative estimate of drug-likeness (QED) is 0.499. The first-order valence-corrected chi connectivity index (χ1v) is 16.4. The zero-order valence-corrected chi connectivity index (χ0v) is 22.7. The monoisotopic (exact) mass is 464 g/mol. The molecule has 0 aromatic heterocycles. The SMILES string of the molecule is CC(C)(C)[Si](C)(C)OC1CC[C@]2(C)C3C[C@H](O)[C@@]4(C)C(CCC45OCCO5)C3CC[C@@H]2C1. The van der Waals surface area contributed by atoms with Crippen molar-refractivity contribution in [3.8, 4) is 0 Å². The van der Waals surface area contributed by atoms with Gasteiger partial charge in [0.25, 0.3) is 0 Å². The Bertz CT molecular complexity index is 726. The fourth-order valence-corrected chi connectivity index (χ4v) is 10.2. The lowest BCUT2D eigenvalue weighted by atomic mass is 9.44. The maximum atomic E-state index is 11.6. The second kappa shape index (κ2) is 7.53. The Morgan fingerprint density at radius 3 is 2.25 bits per heavy atom. The molecule has 4 nitrogen and oxygen atoms in total. The van der Waals surface area contributed by atoms with Crippen LogP contribution in [0.1, 0.15) is 86.0 Å². The van der Waals surface area contributed by atoms with Crippen molar-refractivity contribution < 1.29 is 19.0 Å². The van der Waals surface area contributed by atoms with Crippen LogP contribution in [-0.4, -0.2) is 44.6 Å². The van der Waals surface area contributed by atoms with Crippen LogP contribution in [0, 0.1) is 34.5 Å². The van der Waals surface area contributed by atoms with Crippen molar-refractivity contribution >= 4 is 8.32 Å². The molecule has 5 heteroatoms. The molecule has 5 fully saturated rings. The highest BCUT2D eigenvalue weighted by Crippen LogP contribution is 2.69. The summed E-state index contributed by atoms with van der Waals surface area (Å²) >= 11 is 0. The van der Waals surface area contributed by atoms with Gasteiger partial charge in [0.05, 0.1) is 24.7 Å². The number of hydrogen-bond acceptors (Lipinski definition) is 4. The van der Waals surface area contributed by atoms with Gasteiger partial charge in [0.1, 0.15) is 0 Å². The summed E-state index contributed by atoms with van der Waals surface area (Å²) in [6.07, 6.45) is 9.43. The van der Waals surface area contributed by atoms with E-state index in [1.165, 1.54) is 32.1 Å². The van der Waals surface area contributed by atoms with E-state index in [0.717, 1.165) is 25.2 Å². The molecular formula is C27H48O4Si. The Hall–Kier alpha value is 0.0569. The molecule has 4 unspecified atom stereocenters. The number of aliphatic hydroxyl groups excluding tert-OH is 1. The normalized spacial score (nSPS) is 48.4. The standard InChI is InChI=1S/C27H48O4Si/c1-24(2,3)32(6,7)31-19-10-12-25(4)18(16-19)8-9-20-21-11-13-27(29-14-15-30-27)26(21,5)23(28)17-22(20)25/h18-23,28H,8-17H2,1-7H3/t18-,19?,20?,21?,22?,23+,25+,26-/m1/s1. The molecule has 1 saturated heterocycles. The molecule has 1 heterocycles. The van der Waals surface area contributed by atoms with Crippen LogP contribution >= 0.6 is 0 Å². The third-order valence-electron chi connectivity index (χ3n) is 11.8. The third-order valence-corrected chi connectivity index (χ3v) is 16.3. The van der Waals surface area contributed by atoms with Gasteiger partial charge in [-0.3, -0.25) is 0 Å². The van der Waals surface area contributed by atoms with Crippen molar-refractivity contribution in [3.05, 3.63) is 0 Å². The van der Waals surface area contributed by atoms with E-state index in [0.29, 0.717) is 42.5 Å². The van der Waals surface area contributed by atoms with Gasteiger partial charge >= 0.3 is 0 Å². The second-order valence-electron chi connectivity index (χ2n) is 14.0.